The molecule has 0 unspecified atom stereocenters. The first-order valence-corrected chi connectivity index (χ1v) is 10.5. The zero-order chi connectivity index (χ0) is 21.8. The second kappa shape index (κ2) is 6.95. The number of hydrogen-bond donors (Lipinski definition) is 0. The van der Waals surface area contributed by atoms with E-state index < -0.39 is 32.6 Å². The van der Waals surface area contributed by atoms with Crippen molar-refractivity contribution >= 4 is 26.5 Å². The highest BCUT2D eigenvalue weighted by atomic mass is 32.2. The molecule has 160 valence electrons. The molecule has 0 saturated heterocycles. The fourth-order valence-corrected chi connectivity index (χ4v) is 5.16. The largest absolute Gasteiger partial charge is 0.436 e. The minimum Gasteiger partial charge on any atom is -0.302 e. The van der Waals surface area contributed by atoms with Gasteiger partial charge in [-0.3, -0.25) is 4.68 Å². The third-order valence-corrected chi connectivity index (χ3v) is 6.77. The van der Waals surface area contributed by atoms with E-state index in [0.29, 0.717) is 23.9 Å². The summed E-state index contributed by atoms with van der Waals surface area (Å²) in [6, 6.07) is 3.53. The number of hydrogen-bond acceptors (Lipinski definition) is 4. The number of rotatable bonds is 3. The van der Waals surface area contributed by atoms with Crippen molar-refractivity contribution < 1.29 is 26.0 Å². The molecule has 6 nitrogen and oxygen atoms in total. The SMILES string of the molecule is CN1CC=C(c2cn(S(=O)(=O)c3cn(C)nc3C(F)(F)F)c3ccc(F)cc23)CC1. The van der Waals surface area contributed by atoms with E-state index in [9.17, 15) is 26.0 Å². The van der Waals surface area contributed by atoms with E-state index in [1.54, 1.807) is 0 Å². The molecule has 0 aliphatic carbocycles. The van der Waals surface area contributed by atoms with E-state index in [2.05, 4.69) is 10.00 Å². The van der Waals surface area contributed by atoms with Crippen LogP contribution in [0.3, 0.4) is 0 Å². The predicted molar refractivity (Wildman–Crippen MR) is 103 cm³/mol. The van der Waals surface area contributed by atoms with E-state index in [4.69, 9.17) is 0 Å². The number of aromatic nitrogens is 3. The lowest BCUT2D eigenvalue weighted by molar-refractivity contribution is -0.143. The predicted octanol–water partition coefficient (Wildman–Crippen LogP) is 3.49. The fourth-order valence-electron chi connectivity index (χ4n) is 3.60. The summed E-state index contributed by atoms with van der Waals surface area (Å²) in [5.74, 6) is -0.565. The first-order valence-electron chi connectivity index (χ1n) is 9.03. The van der Waals surface area contributed by atoms with Crippen LogP contribution >= 0.6 is 0 Å². The summed E-state index contributed by atoms with van der Waals surface area (Å²) in [6.07, 6.45) is -0.345. The van der Waals surface area contributed by atoms with Gasteiger partial charge < -0.3 is 4.90 Å². The smallest absolute Gasteiger partial charge is 0.302 e. The Labute approximate surface area is 170 Å². The summed E-state index contributed by atoms with van der Waals surface area (Å²) in [5, 5.41) is 3.62. The molecule has 0 atom stereocenters. The first-order chi connectivity index (χ1) is 14.0. The average molecular weight is 442 g/mol. The Morgan fingerprint density at radius 3 is 2.50 bits per heavy atom. The third kappa shape index (κ3) is 3.41. The molecule has 1 aliphatic rings. The van der Waals surface area contributed by atoms with Gasteiger partial charge in [0.1, 0.15) is 10.7 Å². The molecule has 4 rings (SSSR count). The molecule has 3 aromatic rings. The molecule has 0 N–H and O–H groups in total. The lowest BCUT2D eigenvalue weighted by Gasteiger charge is -2.21. The molecule has 1 aromatic carbocycles. The van der Waals surface area contributed by atoms with Crippen molar-refractivity contribution in [3.8, 4) is 0 Å². The molecule has 0 radical (unpaired) electrons. The summed E-state index contributed by atoms with van der Waals surface area (Å²) < 4.78 is 82.2. The van der Waals surface area contributed by atoms with E-state index in [1.165, 1.54) is 25.4 Å². The van der Waals surface area contributed by atoms with Crippen LogP contribution in [0.1, 0.15) is 17.7 Å². The molecule has 3 heterocycles. The molecule has 2 aromatic heterocycles. The Hall–Kier alpha value is -2.66. The Morgan fingerprint density at radius 2 is 1.87 bits per heavy atom. The van der Waals surface area contributed by atoms with Crippen LogP contribution in [-0.4, -0.2) is 47.2 Å². The molecular formula is C19H18F4N4O2S. The maximum Gasteiger partial charge on any atom is 0.436 e. The van der Waals surface area contributed by atoms with E-state index in [1.807, 2.05) is 13.1 Å². The zero-order valence-electron chi connectivity index (χ0n) is 16.1. The molecule has 30 heavy (non-hydrogen) atoms. The maximum absolute atomic E-state index is 13.9. The summed E-state index contributed by atoms with van der Waals surface area (Å²) in [7, 11) is -1.50. The van der Waals surface area contributed by atoms with Gasteiger partial charge in [-0.05, 0) is 37.2 Å². The number of fused-ring (bicyclic) bond motifs is 1. The van der Waals surface area contributed by atoms with Crippen LogP contribution in [0.5, 0.6) is 0 Å². The number of nitrogens with zero attached hydrogens (tertiary/aromatic N) is 4. The van der Waals surface area contributed by atoms with Crippen molar-refractivity contribution in [3.05, 3.63) is 53.7 Å². The molecule has 0 spiro atoms. The lowest BCUT2D eigenvalue weighted by atomic mass is 9.99. The first kappa shape index (κ1) is 20.6. The second-order valence-corrected chi connectivity index (χ2v) is 9.04. The van der Waals surface area contributed by atoms with Crippen molar-refractivity contribution in [2.45, 2.75) is 17.5 Å². The summed E-state index contributed by atoms with van der Waals surface area (Å²) in [5.41, 5.74) is -0.0873. The van der Waals surface area contributed by atoms with Crippen molar-refractivity contribution in [1.82, 2.24) is 18.7 Å². The van der Waals surface area contributed by atoms with Crippen LogP contribution in [0.25, 0.3) is 16.5 Å². The van der Waals surface area contributed by atoms with Crippen molar-refractivity contribution in [3.63, 3.8) is 0 Å². The average Bonchev–Trinajstić information content (AvgIpc) is 3.24. The van der Waals surface area contributed by atoms with Crippen LogP contribution in [0.4, 0.5) is 17.6 Å². The van der Waals surface area contributed by atoms with Gasteiger partial charge >= 0.3 is 6.18 Å². The van der Waals surface area contributed by atoms with Gasteiger partial charge in [0, 0.05) is 43.5 Å². The van der Waals surface area contributed by atoms with Crippen LogP contribution in [0.15, 0.2) is 41.6 Å². The zero-order valence-corrected chi connectivity index (χ0v) is 16.9. The van der Waals surface area contributed by atoms with E-state index >= 15 is 0 Å². The summed E-state index contributed by atoms with van der Waals surface area (Å²) >= 11 is 0. The minimum atomic E-state index is -4.95. The minimum absolute atomic E-state index is 0.100. The van der Waals surface area contributed by atoms with Gasteiger partial charge in [0.2, 0.25) is 0 Å². The number of aryl methyl sites for hydroxylation is 1. The maximum atomic E-state index is 13.9. The Balaban J connectivity index is 1.96. The summed E-state index contributed by atoms with van der Waals surface area (Å²) in [6.45, 7) is 1.35. The van der Waals surface area contributed by atoms with Crippen molar-refractivity contribution in [2.75, 3.05) is 20.1 Å². The Kier molecular flexibility index (Phi) is 4.77. The lowest BCUT2D eigenvalue weighted by Crippen LogP contribution is -2.23. The van der Waals surface area contributed by atoms with Crippen molar-refractivity contribution in [2.24, 2.45) is 7.05 Å². The highest BCUT2D eigenvalue weighted by molar-refractivity contribution is 7.90. The number of likely N-dealkylation sites (N-methyl/N-ethyl adjacent to an activating group) is 1. The standard InChI is InChI=1S/C19H18F4N4O2S/c1-25-7-5-12(6-8-25)15-10-27(16-4-3-13(20)9-14(15)16)30(28,29)17-11-26(2)24-18(17)19(21,22)23/h3-5,9-11H,6-8H2,1-2H3. The molecular weight excluding hydrogens is 424 g/mol. The molecule has 1 aliphatic heterocycles. The Morgan fingerprint density at radius 1 is 1.13 bits per heavy atom. The topological polar surface area (TPSA) is 60.1 Å². The van der Waals surface area contributed by atoms with Crippen LogP contribution in [-0.2, 0) is 23.2 Å². The van der Waals surface area contributed by atoms with Crippen molar-refractivity contribution in [1.29, 1.82) is 0 Å². The Bertz CT molecular complexity index is 1270. The molecule has 0 bridgehead atoms. The highest BCUT2D eigenvalue weighted by Gasteiger charge is 2.42. The van der Waals surface area contributed by atoms with Gasteiger partial charge in [0.25, 0.3) is 10.0 Å². The van der Waals surface area contributed by atoms with Crippen LogP contribution < -0.4 is 0 Å². The van der Waals surface area contributed by atoms with Gasteiger partial charge in [-0.15, -0.1) is 0 Å². The molecule has 0 saturated carbocycles. The second-order valence-electron chi connectivity index (χ2n) is 7.26. The number of alkyl halides is 3. The van der Waals surface area contributed by atoms with Gasteiger partial charge in [0.15, 0.2) is 5.69 Å². The monoisotopic (exact) mass is 442 g/mol. The van der Waals surface area contributed by atoms with E-state index in [-0.39, 0.29) is 5.52 Å². The fraction of sp³-hybridized carbons (Fsp3) is 0.316. The number of benzene rings is 1. The molecule has 0 amide bonds. The van der Waals surface area contributed by atoms with Crippen LogP contribution in [0.2, 0.25) is 0 Å². The molecule has 11 heteroatoms. The van der Waals surface area contributed by atoms with Gasteiger partial charge in [0.05, 0.1) is 5.52 Å². The van der Waals surface area contributed by atoms with Gasteiger partial charge in [-0.2, -0.15) is 18.3 Å². The van der Waals surface area contributed by atoms with Gasteiger partial charge in [-0.1, -0.05) is 6.08 Å². The normalized spacial score (nSPS) is 16.3. The summed E-state index contributed by atoms with van der Waals surface area (Å²) in [4.78, 5) is 1.10. The van der Waals surface area contributed by atoms with E-state index in [0.717, 1.165) is 33.0 Å². The quantitative estimate of drug-likeness (QED) is 0.583. The number of halogens is 4. The highest BCUT2D eigenvalue weighted by Crippen LogP contribution is 2.37. The molecule has 0 fully saturated rings. The van der Waals surface area contributed by atoms with Crippen LogP contribution in [0, 0.1) is 5.82 Å². The van der Waals surface area contributed by atoms with Gasteiger partial charge in [-0.25, -0.2) is 16.8 Å². The third-order valence-electron chi connectivity index (χ3n) is 5.09.